The number of aromatic nitrogens is 1. The molecular formula is C23H17ClN2O4. The van der Waals surface area contributed by atoms with Crippen molar-refractivity contribution in [3.8, 4) is 16.9 Å². The van der Waals surface area contributed by atoms with E-state index in [2.05, 4.69) is 10.3 Å². The van der Waals surface area contributed by atoms with Crippen LogP contribution >= 0.6 is 11.6 Å². The van der Waals surface area contributed by atoms with Crippen molar-refractivity contribution in [3.05, 3.63) is 87.9 Å². The Morgan fingerprint density at radius 1 is 1.17 bits per heavy atom. The molecule has 1 amide bonds. The predicted octanol–water partition coefficient (Wildman–Crippen LogP) is 4.83. The van der Waals surface area contributed by atoms with E-state index >= 15 is 0 Å². The summed E-state index contributed by atoms with van der Waals surface area (Å²) in [4.78, 5) is 29.1. The second-order valence-corrected chi connectivity index (χ2v) is 7.09. The number of benzene rings is 2. The lowest BCUT2D eigenvalue weighted by atomic mass is 10.1. The largest absolute Gasteiger partial charge is 0.484 e. The van der Waals surface area contributed by atoms with Crippen LogP contribution in [0.25, 0.3) is 22.1 Å². The smallest absolute Gasteiger partial charge is 0.263 e. The molecule has 6 nitrogen and oxygen atoms in total. The maximum absolute atomic E-state index is 12.8. The monoisotopic (exact) mass is 420 g/mol. The number of ether oxygens (including phenoxy) is 1. The van der Waals surface area contributed by atoms with Crippen molar-refractivity contribution in [3.63, 3.8) is 0 Å². The zero-order valence-corrected chi connectivity index (χ0v) is 16.8. The molecule has 150 valence electrons. The van der Waals surface area contributed by atoms with Gasteiger partial charge in [-0.25, -0.2) is 4.98 Å². The molecule has 2 heterocycles. The van der Waals surface area contributed by atoms with Gasteiger partial charge in [0.2, 0.25) is 0 Å². The lowest BCUT2D eigenvalue weighted by Crippen LogP contribution is -2.21. The standard InChI is InChI=1S/C23H17ClN2O4/c1-14-3-2-10-25-23(14)26-21(27)13-29-17-8-9-18-20(11-17)30-12-19(22(18)28)15-4-6-16(24)7-5-15/h2-12H,13H2,1H3,(H,25,26,27). The van der Waals surface area contributed by atoms with Gasteiger partial charge in [-0.3, -0.25) is 9.59 Å². The molecule has 7 heteroatoms. The van der Waals surface area contributed by atoms with Gasteiger partial charge in [-0.1, -0.05) is 29.8 Å². The van der Waals surface area contributed by atoms with Crippen LogP contribution in [-0.2, 0) is 4.79 Å². The van der Waals surface area contributed by atoms with Crippen LogP contribution in [0, 0.1) is 6.92 Å². The minimum Gasteiger partial charge on any atom is -0.484 e. The zero-order valence-electron chi connectivity index (χ0n) is 16.0. The van der Waals surface area contributed by atoms with E-state index < -0.39 is 0 Å². The molecule has 2 aromatic heterocycles. The van der Waals surface area contributed by atoms with Gasteiger partial charge < -0.3 is 14.5 Å². The number of rotatable bonds is 5. The van der Waals surface area contributed by atoms with E-state index in [4.69, 9.17) is 20.8 Å². The normalized spacial score (nSPS) is 10.7. The molecule has 0 fully saturated rings. The lowest BCUT2D eigenvalue weighted by Gasteiger charge is -2.09. The van der Waals surface area contributed by atoms with Crippen LogP contribution in [0.4, 0.5) is 5.82 Å². The number of hydrogen-bond donors (Lipinski definition) is 1. The molecule has 0 saturated carbocycles. The first-order valence-electron chi connectivity index (χ1n) is 9.17. The Bertz CT molecular complexity index is 1280. The van der Waals surface area contributed by atoms with Crippen LogP contribution in [-0.4, -0.2) is 17.5 Å². The number of pyridine rings is 1. The number of halogens is 1. The summed E-state index contributed by atoms with van der Waals surface area (Å²) in [6, 6.07) is 15.4. The van der Waals surface area contributed by atoms with E-state index in [9.17, 15) is 9.59 Å². The molecule has 0 bridgehead atoms. The highest BCUT2D eigenvalue weighted by molar-refractivity contribution is 6.30. The van der Waals surface area contributed by atoms with Crippen LogP contribution in [0.2, 0.25) is 5.02 Å². The Hall–Kier alpha value is -3.64. The number of aryl methyl sites for hydroxylation is 1. The molecule has 4 aromatic rings. The Morgan fingerprint density at radius 3 is 2.73 bits per heavy atom. The minimum atomic E-state index is -0.337. The van der Waals surface area contributed by atoms with E-state index in [-0.39, 0.29) is 17.9 Å². The molecule has 0 radical (unpaired) electrons. The Balaban J connectivity index is 1.50. The van der Waals surface area contributed by atoms with Gasteiger partial charge in [0, 0.05) is 17.3 Å². The Kier molecular flexibility index (Phi) is 5.50. The maximum Gasteiger partial charge on any atom is 0.263 e. The fourth-order valence-corrected chi connectivity index (χ4v) is 3.09. The summed E-state index contributed by atoms with van der Waals surface area (Å²) < 4.78 is 11.2. The van der Waals surface area contributed by atoms with Gasteiger partial charge >= 0.3 is 0 Å². The third kappa shape index (κ3) is 4.18. The maximum atomic E-state index is 12.8. The van der Waals surface area contributed by atoms with E-state index in [1.807, 2.05) is 13.0 Å². The fourth-order valence-electron chi connectivity index (χ4n) is 2.96. The molecule has 0 atom stereocenters. The van der Waals surface area contributed by atoms with Crippen molar-refractivity contribution in [2.24, 2.45) is 0 Å². The van der Waals surface area contributed by atoms with Crippen LogP contribution in [0.15, 0.2) is 76.3 Å². The first kappa shape index (κ1) is 19.7. The highest BCUT2D eigenvalue weighted by atomic mass is 35.5. The van der Waals surface area contributed by atoms with Crippen LogP contribution < -0.4 is 15.5 Å². The predicted molar refractivity (Wildman–Crippen MR) is 116 cm³/mol. The summed E-state index contributed by atoms with van der Waals surface area (Å²) in [5, 5.41) is 3.71. The third-order valence-electron chi connectivity index (χ3n) is 4.54. The number of fused-ring (bicyclic) bond motifs is 1. The molecular weight excluding hydrogens is 404 g/mol. The Morgan fingerprint density at radius 2 is 1.97 bits per heavy atom. The summed E-state index contributed by atoms with van der Waals surface area (Å²) in [5.41, 5.74) is 2.23. The van der Waals surface area contributed by atoms with E-state index in [1.165, 1.54) is 6.26 Å². The topological polar surface area (TPSA) is 81.4 Å². The highest BCUT2D eigenvalue weighted by Crippen LogP contribution is 2.24. The van der Waals surface area contributed by atoms with Crippen molar-refractivity contribution in [2.75, 3.05) is 11.9 Å². The molecule has 0 aliphatic rings. The summed E-state index contributed by atoms with van der Waals surface area (Å²) in [6.45, 7) is 1.65. The Labute approximate surface area is 177 Å². The second kappa shape index (κ2) is 8.39. The zero-order chi connectivity index (χ0) is 21.1. The molecule has 0 aliphatic carbocycles. The number of nitrogens with one attached hydrogen (secondary N) is 1. The summed E-state index contributed by atoms with van der Waals surface area (Å²) in [6.07, 6.45) is 3.02. The van der Waals surface area contributed by atoms with Crippen LogP contribution in [0.1, 0.15) is 5.56 Å². The minimum absolute atomic E-state index is 0.159. The molecule has 0 unspecified atom stereocenters. The van der Waals surface area contributed by atoms with E-state index in [1.54, 1.807) is 54.7 Å². The first-order chi connectivity index (χ1) is 14.5. The molecule has 30 heavy (non-hydrogen) atoms. The molecule has 1 N–H and O–H groups in total. The molecule has 0 aliphatic heterocycles. The molecule has 0 saturated heterocycles. The summed E-state index contributed by atoms with van der Waals surface area (Å²) in [5.74, 6) is 0.569. The quantitative estimate of drug-likeness (QED) is 0.500. The second-order valence-electron chi connectivity index (χ2n) is 6.65. The van der Waals surface area contributed by atoms with Gasteiger partial charge in [-0.05, 0) is 48.4 Å². The van der Waals surface area contributed by atoms with E-state index in [0.29, 0.717) is 33.1 Å². The molecule has 0 spiro atoms. The lowest BCUT2D eigenvalue weighted by molar-refractivity contribution is -0.118. The molecule has 4 rings (SSSR count). The number of nitrogens with zero attached hydrogens (tertiary/aromatic N) is 1. The van der Waals surface area contributed by atoms with Crippen LogP contribution in [0.5, 0.6) is 5.75 Å². The average Bonchev–Trinajstić information content (AvgIpc) is 2.75. The van der Waals surface area contributed by atoms with Gasteiger partial charge in [0.1, 0.15) is 23.4 Å². The average molecular weight is 421 g/mol. The number of anilines is 1. The molecule has 2 aromatic carbocycles. The van der Waals surface area contributed by atoms with Gasteiger partial charge in [-0.2, -0.15) is 0 Å². The number of carbonyl (C=O) groups is 1. The number of carbonyl (C=O) groups excluding carboxylic acids is 1. The van der Waals surface area contributed by atoms with E-state index in [0.717, 1.165) is 11.1 Å². The van der Waals surface area contributed by atoms with Crippen molar-refractivity contribution in [2.45, 2.75) is 6.92 Å². The number of hydrogen-bond acceptors (Lipinski definition) is 5. The third-order valence-corrected chi connectivity index (χ3v) is 4.79. The van der Waals surface area contributed by atoms with Gasteiger partial charge in [0.15, 0.2) is 12.0 Å². The highest BCUT2D eigenvalue weighted by Gasteiger charge is 2.11. The van der Waals surface area contributed by atoms with Crippen LogP contribution in [0.3, 0.4) is 0 Å². The van der Waals surface area contributed by atoms with Gasteiger partial charge in [-0.15, -0.1) is 0 Å². The summed E-state index contributed by atoms with van der Waals surface area (Å²) in [7, 11) is 0. The number of amides is 1. The van der Waals surface area contributed by atoms with Crippen molar-refractivity contribution in [1.29, 1.82) is 0 Å². The fraction of sp³-hybridized carbons (Fsp3) is 0.0870. The van der Waals surface area contributed by atoms with Gasteiger partial charge in [0.05, 0.1) is 10.9 Å². The first-order valence-corrected chi connectivity index (χ1v) is 9.55. The van der Waals surface area contributed by atoms with Crippen molar-refractivity contribution >= 4 is 34.3 Å². The van der Waals surface area contributed by atoms with Gasteiger partial charge in [0.25, 0.3) is 5.91 Å². The van der Waals surface area contributed by atoms with Crippen molar-refractivity contribution in [1.82, 2.24) is 4.98 Å². The summed E-state index contributed by atoms with van der Waals surface area (Å²) >= 11 is 5.91. The SMILES string of the molecule is Cc1cccnc1NC(=O)COc1ccc2c(=O)c(-c3ccc(Cl)cc3)coc2c1. The van der Waals surface area contributed by atoms with Crippen molar-refractivity contribution < 1.29 is 13.9 Å².